The van der Waals surface area contributed by atoms with Crippen molar-refractivity contribution >= 4 is 23.5 Å². The Kier molecular flexibility index (Phi) is 6.86. The van der Waals surface area contributed by atoms with Crippen molar-refractivity contribution in [3.8, 4) is 0 Å². The van der Waals surface area contributed by atoms with Gasteiger partial charge in [-0.2, -0.15) is 23.5 Å². The van der Waals surface area contributed by atoms with E-state index in [4.69, 9.17) is 0 Å². The average Bonchev–Trinajstić information content (AvgIpc) is 1.87. The summed E-state index contributed by atoms with van der Waals surface area (Å²) in [6.07, 6.45) is 4.38. The lowest BCUT2D eigenvalue weighted by Crippen LogP contribution is -2.13. The Morgan fingerprint density at radius 1 is 1.00 bits per heavy atom. The Hall–Kier alpha value is 0.700. The maximum atomic E-state index is 2.32. The third kappa shape index (κ3) is 4.51. The van der Waals surface area contributed by atoms with E-state index in [1.165, 1.54) is 11.5 Å². The molecule has 0 aromatic rings. The molecule has 0 atom stereocenters. The minimum Gasteiger partial charge on any atom is -0.165 e. The van der Waals surface area contributed by atoms with Gasteiger partial charge in [0, 0.05) is 0 Å². The van der Waals surface area contributed by atoms with Crippen LogP contribution in [0, 0.1) is 11.8 Å². The van der Waals surface area contributed by atoms with E-state index in [1.807, 2.05) is 23.5 Å². The van der Waals surface area contributed by atoms with E-state index < -0.39 is 0 Å². The number of thioether (sulfide) groups is 2. The molecule has 0 bridgehead atoms. The minimum atomic E-state index is 0.847. The van der Waals surface area contributed by atoms with E-state index >= 15 is 0 Å². The highest BCUT2D eigenvalue weighted by molar-refractivity contribution is 7.99. The summed E-state index contributed by atoms with van der Waals surface area (Å²) in [6, 6.07) is 0. The van der Waals surface area contributed by atoms with Gasteiger partial charge in [0.15, 0.2) is 0 Å². The molecule has 0 saturated heterocycles. The summed E-state index contributed by atoms with van der Waals surface area (Å²) in [4.78, 5) is 0. The monoisotopic (exact) mass is 178 g/mol. The highest BCUT2D eigenvalue weighted by atomic mass is 32.2. The third-order valence-electron chi connectivity index (χ3n) is 1.70. The minimum absolute atomic E-state index is 0.847. The molecule has 0 saturated carbocycles. The normalized spacial score (nSPS) is 11.4. The molecular formula is C8H18S2. The lowest BCUT2D eigenvalue weighted by Gasteiger charge is -2.17. The van der Waals surface area contributed by atoms with E-state index in [0.29, 0.717) is 0 Å². The Balaban J connectivity index is 3.50. The zero-order chi connectivity index (χ0) is 7.98. The van der Waals surface area contributed by atoms with Crippen LogP contribution in [0.2, 0.25) is 0 Å². The van der Waals surface area contributed by atoms with E-state index in [0.717, 1.165) is 11.8 Å². The summed E-state index contributed by atoms with van der Waals surface area (Å²) in [5, 5.41) is 0. The molecule has 0 aliphatic rings. The highest BCUT2D eigenvalue weighted by Crippen LogP contribution is 2.19. The average molecular weight is 178 g/mol. The zero-order valence-corrected chi connectivity index (χ0v) is 9.02. The summed E-state index contributed by atoms with van der Waals surface area (Å²) in [7, 11) is 0. The standard InChI is InChI=1S/C8H18S2/c1-7(2)8(5-9-3)6-10-4/h7-8H,5-6H2,1-4H3. The second-order valence-electron chi connectivity index (χ2n) is 2.91. The molecule has 0 amide bonds. The fourth-order valence-corrected chi connectivity index (χ4v) is 2.87. The van der Waals surface area contributed by atoms with E-state index in [1.54, 1.807) is 0 Å². The van der Waals surface area contributed by atoms with Gasteiger partial charge in [-0.25, -0.2) is 0 Å². The van der Waals surface area contributed by atoms with Crippen LogP contribution in [0.15, 0.2) is 0 Å². The van der Waals surface area contributed by atoms with Crippen molar-refractivity contribution in [2.75, 3.05) is 24.0 Å². The predicted molar refractivity (Wildman–Crippen MR) is 55.1 cm³/mol. The first-order valence-electron chi connectivity index (χ1n) is 3.70. The first kappa shape index (κ1) is 10.7. The largest absolute Gasteiger partial charge is 0.165 e. The van der Waals surface area contributed by atoms with Crippen molar-refractivity contribution in [1.82, 2.24) is 0 Å². The molecule has 0 aromatic carbocycles. The molecule has 2 heteroatoms. The van der Waals surface area contributed by atoms with Crippen LogP contribution in [0.1, 0.15) is 13.8 Å². The fraction of sp³-hybridized carbons (Fsp3) is 1.00. The molecule has 0 heterocycles. The predicted octanol–water partition coefficient (Wildman–Crippen LogP) is 2.98. The van der Waals surface area contributed by atoms with Crippen molar-refractivity contribution in [3.05, 3.63) is 0 Å². The van der Waals surface area contributed by atoms with Gasteiger partial charge in [0.05, 0.1) is 0 Å². The summed E-state index contributed by atoms with van der Waals surface area (Å²) < 4.78 is 0. The van der Waals surface area contributed by atoms with E-state index in [-0.39, 0.29) is 0 Å². The Labute approximate surface area is 73.5 Å². The Morgan fingerprint density at radius 3 is 1.60 bits per heavy atom. The van der Waals surface area contributed by atoms with Gasteiger partial charge in [-0.15, -0.1) is 0 Å². The molecule has 0 rings (SSSR count). The number of hydrogen-bond donors (Lipinski definition) is 0. The molecule has 10 heavy (non-hydrogen) atoms. The molecule has 0 aliphatic heterocycles. The summed E-state index contributed by atoms with van der Waals surface area (Å²) >= 11 is 3.93. The molecule has 0 unspecified atom stereocenters. The van der Waals surface area contributed by atoms with Gasteiger partial charge in [-0.1, -0.05) is 13.8 Å². The van der Waals surface area contributed by atoms with Gasteiger partial charge in [-0.05, 0) is 35.9 Å². The summed E-state index contributed by atoms with van der Waals surface area (Å²) in [5.74, 6) is 4.39. The van der Waals surface area contributed by atoms with Crippen molar-refractivity contribution in [1.29, 1.82) is 0 Å². The van der Waals surface area contributed by atoms with Crippen LogP contribution in [0.4, 0.5) is 0 Å². The Bertz CT molecular complexity index is 65.7. The summed E-state index contributed by atoms with van der Waals surface area (Å²) in [6.45, 7) is 4.63. The fourth-order valence-electron chi connectivity index (χ4n) is 0.861. The molecule has 0 radical (unpaired) electrons. The van der Waals surface area contributed by atoms with Crippen LogP contribution < -0.4 is 0 Å². The SMILES string of the molecule is CSCC(CSC)C(C)C. The topological polar surface area (TPSA) is 0 Å². The second-order valence-corrected chi connectivity index (χ2v) is 4.74. The van der Waals surface area contributed by atoms with Crippen molar-refractivity contribution < 1.29 is 0 Å². The molecule has 62 valence electrons. The van der Waals surface area contributed by atoms with Gasteiger partial charge >= 0.3 is 0 Å². The highest BCUT2D eigenvalue weighted by Gasteiger charge is 2.10. The van der Waals surface area contributed by atoms with Gasteiger partial charge < -0.3 is 0 Å². The van der Waals surface area contributed by atoms with E-state index in [2.05, 4.69) is 26.4 Å². The lowest BCUT2D eigenvalue weighted by atomic mass is 10.0. The van der Waals surface area contributed by atoms with Gasteiger partial charge in [0.25, 0.3) is 0 Å². The van der Waals surface area contributed by atoms with Gasteiger partial charge in [0.1, 0.15) is 0 Å². The molecule has 0 aromatic heterocycles. The Morgan fingerprint density at radius 2 is 1.40 bits per heavy atom. The van der Waals surface area contributed by atoms with Crippen molar-refractivity contribution in [3.63, 3.8) is 0 Å². The molecule has 0 spiro atoms. The molecule has 0 N–H and O–H groups in total. The molecule has 0 fully saturated rings. The van der Waals surface area contributed by atoms with Crippen LogP contribution in [0.25, 0.3) is 0 Å². The molecule has 0 nitrogen and oxygen atoms in total. The molecule has 0 aliphatic carbocycles. The van der Waals surface area contributed by atoms with Crippen molar-refractivity contribution in [2.45, 2.75) is 13.8 Å². The van der Waals surface area contributed by atoms with Crippen LogP contribution >= 0.6 is 23.5 Å². The third-order valence-corrected chi connectivity index (χ3v) is 3.23. The van der Waals surface area contributed by atoms with Crippen molar-refractivity contribution in [2.24, 2.45) is 11.8 Å². The summed E-state index contributed by atoms with van der Waals surface area (Å²) in [5.41, 5.74) is 0. The zero-order valence-electron chi connectivity index (χ0n) is 7.39. The molecular weight excluding hydrogens is 160 g/mol. The van der Waals surface area contributed by atoms with Crippen LogP contribution in [-0.4, -0.2) is 24.0 Å². The van der Waals surface area contributed by atoms with Gasteiger partial charge in [0.2, 0.25) is 0 Å². The maximum absolute atomic E-state index is 2.32. The quantitative estimate of drug-likeness (QED) is 0.635. The van der Waals surface area contributed by atoms with Gasteiger partial charge in [-0.3, -0.25) is 0 Å². The smallest absolute Gasteiger partial charge is 0.00316 e. The van der Waals surface area contributed by atoms with Crippen LogP contribution in [0.3, 0.4) is 0 Å². The van der Waals surface area contributed by atoms with Crippen LogP contribution in [0.5, 0.6) is 0 Å². The second kappa shape index (κ2) is 6.41. The first-order valence-corrected chi connectivity index (χ1v) is 6.49. The van der Waals surface area contributed by atoms with Crippen LogP contribution in [-0.2, 0) is 0 Å². The maximum Gasteiger partial charge on any atom is -0.00316 e. The first-order chi connectivity index (χ1) is 4.72. The lowest BCUT2D eigenvalue weighted by molar-refractivity contribution is 0.472. The van der Waals surface area contributed by atoms with E-state index in [9.17, 15) is 0 Å². The number of rotatable bonds is 5. The number of hydrogen-bond acceptors (Lipinski definition) is 2.